The highest BCUT2D eigenvalue weighted by molar-refractivity contribution is 5.78. The molecule has 1 aliphatic heterocycles. The van der Waals surface area contributed by atoms with Crippen LogP contribution in [-0.2, 0) is 4.79 Å². The number of aliphatic hydroxyl groups is 1. The minimum Gasteiger partial charge on any atom is -0.477 e. The lowest BCUT2D eigenvalue weighted by molar-refractivity contribution is -0.385. The molecule has 1 aromatic carbocycles. The number of β-amino-alcohol motifs (C(OH)–C–C–N with tert-alkyl or cyclic N) is 1. The highest BCUT2D eigenvalue weighted by Gasteiger charge is 2.34. The van der Waals surface area contributed by atoms with Crippen LogP contribution in [0.5, 0.6) is 5.75 Å². The Morgan fingerprint density at radius 2 is 2.25 bits per heavy atom. The molecular weight excluding hydrogens is 264 g/mol. The molecule has 20 heavy (non-hydrogen) atoms. The SMILES string of the molecule is CC1(O)CCN(C(=O)COc2ccccc2[N+](=O)[O-])C1. The number of likely N-dealkylation sites (tertiary alicyclic amines) is 1. The summed E-state index contributed by atoms with van der Waals surface area (Å²) in [6.45, 7) is 2.11. The zero-order valence-electron chi connectivity index (χ0n) is 11.1. The Kier molecular flexibility index (Phi) is 3.89. The second kappa shape index (κ2) is 5.46. The number of benzene rings is 1. The van der Waals surface area contributed by atoms with Crippen LogP contribution in [0.3, 0.4) is 0 Å². The topological polar surface area (TPSA) is 92.9 Å². The van der Waals surface area contributed by atoms with Gasteiger partial charge in [0.15, 0.2) is 12.4 Å². The lowest BCUT2D eigenvalue weighted by Crippen LogP contribution is -2.36. The van der Waals surface area contributed by atoms with E-state index in [1.165, 1.54) is 23.1 Å². The van der Waals surface area contributed by atoms with Gasteiger partial charge in [-0.05, 0) is 19.4 Å². The first-order valence-electron chi connectivity index (χ1n) is 6.25. The second-order valence-corrected chi connectivity index (χ2v) is 5.08. The first-order valence-corrected chi connectivity index (χ1v) is 6.25. The number of para-hydroxylation sites is 2. The van der Waals surface area contributed by atoms with Crippen LogP contribution in [0.25, 0.3) is 0 Å². The Morgan fingerprint density at radius 1 is 1.55 bits per heavy atom. The molecule has 108 valence electrons. The van der Waals surface area contributed by atoms with Crippen LogP contribution >= 0.6 is 0 Å². The Hall–Kier alpha value is -2.15. The van der Waals surface area contributed by atoms with Crippen molar-refractivity contribution < 1.29 is 19.6 Å². The van der Waals surface area contributed by atoms with E-state index >= 15 is 0 Å². The molecule has 1 unspecified atom stereocenters. The molecule has 1 saturated heterocycles. The number of amides is 1. The molecule has 1 heterocycles. The van der Waals surface area contributed by atoms with E-state index in [2.05, 4.69) is 0 Å². The maximum atomic E-state index is 11.9. The van der Waals surface area contributed by atoms with Gasteiger partial charge in [-0.25, -0.2) is 0 Å². The number of hydrogen-bond acceptors (Lipinski definition) is 5. The summed E-state index contributed by atoms with van der Waals surface area (Å²) < 4.78 is 5.23. The van der Waals surface area contributed by atoms with E-state index in [1.807, 2.05) is 0 Å². The predicted molar refractivity (Wildman–Crippen MR) is 70.4 cm³/mol. The summed E-state index contributed by atoms with van der Waals surface area (Å²) in [6, 6.07) is 5.91. The summed E-state index contributed by atoms with van der Waals surface area (Å²) >= 11 is 0. The molecule has 2 rings (SSSR count). The van der Waals surface area contributed by atoms with Crippen LogP contribution in [0, 0.1) is 10.1 Å². The van der Waals surface area contributed by atoms with Crippen molar-refractivity contribution in [3.8, 4) is 5.75 Å². The number of nitro groups is 1. The normalized spacial score (nSPS) is 21.8. The molecule has 1 atom stereocenters. The third-order valence-corrected chi connectivity index (χ3v) is 3.22. The molecule has 0 aromatic heterocycles. The van der Waals surface area contributed by atoms with Crippen LogP contribution in [-0.4, -0.2) is 46.1 Å². The van der Waals surface area contributed by atoms with Crippen molar-refractivity contribution in [2.45, 2.75) is 18.9 Å². The van der Waals surface area contributed by atoms with Crippen molar-refractivity contribution >= 4 is 11.6 Å². The first-order chi connectivity index (χ1) is 9.39. The van der Waals surface area contributed by atoms with Gasteiger partial charge in [-0.2, -0.15) is 0 Å². The van der Waals surface area contributed by atoms with Gasteiger partial charge in [-0.3, -0.25) is 14.9 Å². The molecule has 1 N–H and O–H groups in total. The molecular formula is C13H16N2O5. The number of hydrogen-bond donors (Lipinski definition) is 1. The van der Waals surface area contributed by atoms with Gasteiger partial charge in [-0.15, -0.1) is 0 Å². The van der Waals surface area contributed by atoms with E-state index < -0.39 is 10.5 Å². The number of nitro benzene ring substituents is 1. The molecule has 1 fully saturated rings. The van der Waals surface area contributed by atoms with Crippen LogP contribution in [0.2, 0.25) is 0 Å². The summed E-state index contributed by atoms with van der Waals surface area (Å²) in [4.78, 5) is 23.7. The summed E-state index contributed by atoms with van der Waals surface area (Å²) in [6.07, 6.45) is 0.518. The zero-order valence-corrected chi connectivity index (χ0v) is 11.1. The smallest absolute Gasteiger partial charge is 0.310 e. The number of carbonyl (C=O) groups excluding carboxylic acids is 1. The van der Waals surface area contributed by atoms with E-state index in [9.17, 15) is 20.0 Å². The lowest BCUT2D eigenvalue weighted by atomic mass is 10.1. The van der Waals surface area contributed by atoms with Gasteiger partial charge in [0.05, 0.1) is 10.5 Å². The number of ether oxygens (including phenoxy) is 1. The average molecular weight is 280 g/mol. The molecule has 1 aliphatic rings. The summed E-state index contributed by atoms with van der Waals surface area (Å²) in [5, 5.41) is 20.6. The summed E-state index contributed by atoms with van der Waals surface area (Å²) in [5.74, 6) is -0.224. The molecule has 0 bridgehead atoms. The van der Waals surface area contributed by atoms with Gasteiger partial charge in [0.1, 0.15) is 0 Å². The zero-order chi connectivity index (χ0) is 14.8. The molecule has 7 heteroatoms. The van der Waals surface area contributed by atoms with E-state index in [-0.39, 0.29) is 30.5 Å². The minimum absolute atomic E-state index is 0.0665. The Morgan fingerprint density at radius 3 is 2.85 bits per heavy atom. The highest BCUT2D eigenvalue weighted by atomic mass is 16.6. The fourth-order valence-corrected chi connectivity index (χ4v) is 2.12. The van der Waals surface area contributed by atoms with Crippen LogP contribution in [0.1, 0.15) is 13.3 Å². The van der Waals surface area contributed by atoms with Crippen molar-refractivity contribution in [1.29, 1.82) is 0 Å². The van der Waals surface area contributed by atoms with E-state index in [0.717, 1.165) is 0 Å². The van der Waals surface area contributed by atoms with Gasteiger partial charge in [0.2, 0.25) is 0 Å². The third kappa shape index (κ3) is 3.24. The molecule has 0 radical (unpaired) electrons. The molecule has 0 spiro atoms. The minimum atomic E-state index is -0.867. The third-order valence-electron chi connectivity index (χ3n) is 3.22. The molecule has 0 aliphatic carbocycles. The Labute approximate surface area is 115 Å². The fourth-order valence-electron chi connectivity index (χ4n) is 2.12. The predicted octanol–water partition coefficient (Wildman–Crippen LogP) is 0.957. The largest absolute Gasteiger partial charge is 0.477 e. The average Bonchev–Trinajstić information content (AvgIpc) is 2.76. The molecule has 1 aromatic rings. The van der Waals surface area contributed by atoms with Gasteiger partial charge in [0, 0.05) is 19.2 Å². The molecule has 1 amide bonds. The summed E-state index contributed by atoms with van der Waals surface area (Å²) in [7, 11) is 0. The number of carbonyl (C=O) groups is 1. The lowest BCUT2D eigenvalue weighted by Gasteiger charge is -2.19. The quantitative estimate of drug-likeness (QED) is 0.655. The Bertz CT molecular complexity index is 529. The van der Waals surface area contributed by atoms with Crippen LogP contribution < -0.4 is 4.74 Å². The van der Waals surface area contributed by atoms with Crippen molar-refractivity contribution in [3.63, 3.8) is 0 Å². The standard InChI is InChI=1S/C13H16N2O5/c1-13(17)6-7-14(9-13)12(16)8-20-11-5-3-2-4-10(11)15(18)19/h2-5,17H,6-9H2,1H3. The van der Waals surface area contributed by atoms with E-state index in [1.54, 1.807) is 13.0 Å². The van der Waals surface area contributed by atoms with Gasteiger partial charge < -0.3 is 14.7 Å². The van der Waals surface area contributed by atoms with Crippen molar-refractivity contribution in [1.82, 2.24) is 4.90 Å². The van der Waals surface area contributed by atoms with E-state index in [0.29, 0.717) is 13.0 Å². The maximum Gasteiger partial charge on any atom is 0.310 e. The van der Waals surface area contributed by atoms with E-state index in [4.69, 9.17) is 4.74 Å². The van der Waals surface area contributed by atoms with Crippen molar-refractivity contribution in [2.75, 3.05) is 19.7 Å². The van der Waals surface area contributed by atoms with Crippen molar-refractivity contribution in [3.05, 3.63) is 34.4 Å². The van der Waals surface area contributed by atoms with Gasteiger partial charge in [0.25, 0.3) is 5.91 Å². The number of rotatable bonds is 4. The van der Waals surface area contributed by atoms with Gasteiger partial charge in [-0.1, -0.05) is 12.1 Å². The number of nitrogens with zero attached hydrogens (tertiary/aromatic N) is 2. The van der Waals surface area contributed by atoms with Crippen LogP contribution in [0.4, 0.5) is 5.69 Å². The molecule has 0 saturated carbocycles. The first kappa shape index (κ1) is 14.3. The monoisotopic (exact) mass is 280 g/mol. The van der Waals surface area contributed by atoms with Crippen molar-refractivity contribution in [2.24, 2.45) is 0 Å². The highest BCUT2D eigenvalue weighted by Crippen LogP contribution is 2.26. The van der Waals surface area contributed by atoms with Crippen LogP contribution in [0.15, 0.2) is 24.3 Å². The Balaban J connectivity index is 1.96. The van der Waals surface area contributed by atoms with Gasteiger partial charge >= 0.3 is 5.69 Å². The maximum absolute atomic E-state index is 11.9. The molecule has 7 nitrogen and oxygen atoms in total. The summed E-state index contributed by atoms with van der Waals surface area (Å²) in [5.41, 5.74) is -1.04. The fraction of sp³-hybridized carbons (Fsp3) is 0.462. The second-order valence-electron chi connectivity index (χ2n) is 5.08.